The zero-order valence-electron chi connectivity index (χ0n) is 27.6. The fraction of sp³-hybridized carbons (Fsp3) is 0.333. The predicted octanol–water partition coefficient (Wildman–Crippen LogP) is 5.92. The minimum Gasteiger partial charge on any atom is -0.491 e. The van der Waals surface area contributed by atoms with Crippen LogP contribution in [0.25, 0.3) is 32.0 Å². The fourth-order valence-corrected chi connectivity index (χ4v) is 7.23. The highest BCUT2D eigenvalue weighted by Crippen LogP contribution is 2.49. The normalized spacial score (nSPS) is 14.5. The Morgan fingerprint density at radius 3 is 2.57 bits per heavy atom. The maximum Gasteiger partial charge on any atom is 0.345 e. The van der Waals surface area contributed by atoms with Crippen LogP contribution < -0.4 is 14.8 Å². The Labute approximate surface area is 293 Å². The number of amides is 1. The Balaban J connectivity index is 1.34. The summed E-state index contributed by atoms with van der Waals surface area (Å²) < 4.78 is 18.3. The van der Waals surface area contributed by atoms with Crippen LogP contribution >= 0.6 is 22.9 Å². The van der Waals surface area contributed by atoms with Crippen LogP contribution in [0, 0.1) is 6.92 Å². The van der Waals surface area contributed by atoms with Crippen molar-refractivity contribution < 1.29 is 28.6 Å². The van der Waals surface area contributed by atoms with E-state index in [9.17, 15) is 14.7 Å². The molecule has 11 nitrogen and oxygen atoms in total. The number of carboxylic acid groups (broad SMARTS) is 1. The van der Waals surface area contributed by atoms with Crippen molar-refractivity contribution in [3.05, 3.63) is 82.8 Å². The van der Waals surface area contributed by atoms with E-state index in [0.29, 0.717) is 33.4 Å². The van der Waals surface area contributed by atoms with Gasteiger partial charge in [0.15, 0.2) is 0 Å². The number of hydrogen-bond donors (Lipinski definition) is 2. The Kier molecular flexibility index (Phi) is 10.8. The number of hydrogen-bond acceptors (Lipinski definition) is 10. The van der Waals surface area contributed by atoms with Crippen LogP contribution in [0.4, 0.5) is 0 Å². The Morgan fingerprint density at radius 1 is 1.08 bits per heavy atom. The summed E-state index contributed by atoms with van der Waals surface area (Å²) in [5, 5.41) is 14.1. The number of benzene rings is 2. The first-order valence-electron chi connectivity index (χ1n) is 16.0. The second-order valence-electron chi connectivity index (χ2n) is 12.0. The summed E-state index contributed by atoms with van der Waals surface area (Å²) in [5.41, 5.74) is 3.84. The van der Waals surface area contributed by atoms with Gasteiger partial charge in [-0.2, -0.15) is 0 Å². The smallest absolute Gasteiger partial charge is 0.345 e. The fourth-order valence-electron chi connectivity index (χ4n) is 5.90. The molecule has 0 spiro atoms. The molecule has 0 unspecified atom stereocenters. The molecule has 1 saturated heterocycles. The number of carboxylic acids is 1. The van der Waals surface area contributed by atoms with E-state index < -0.39 is 12.1 Å². The third-order valence-electron chi connectivity index (χ3n) is 8.66. The third kappa shape index (κ3) is 7.88. The molecule has 0 radical (unpaired) electrons. The molecule has 2 aromatic carbocycles. The van der Waals surface area contributed by atoms with Gasteiger partial charge in [0.1, 0.15) is 29.3 Å². The highest BCUT2D eigenvalue weighted by atomic mass is 35.5. The Bertz CT molecular complexity index is 1940. The molecule has 0 aliphatic carbocycles. The van der Waals surface area contributed by atoms with Crippen molar-refractivity contribution in [3.8, 4) is 33.4 Å². The van der Waals surface area contributed by atoms with Gasteiger partial charge >= 0.3 is 5.97 Å². The van der Waals surface area contributed by atoms with Crippen molar-refractivity contribution >= 4 is 45.0 Å². The van der Waals surface area contributed by atoms with Crippen LogP contribution in [0.1, 0.15) is 23.6 Å². The molecule has 5 aromatic rings. The van der Waals surface area contributed by atoms with Gasteiger partial charge in [-0.05, 0) is 54.4 Å². The number of rotatable bonds is 13. The molecule has 0 bridgehead atoms. The number of likely N-dealkylation sites (N-methyl/N-ethyl adjacent to an activating group) is 1. The number of furan rings is 1. The molecule has 1 aliphatic rings. The highest BCUT2D eigenvalue weighted by molar-refractivity contribution is 7.22. The van der Waals surface area contributed by atoms with Gasteiger partial charge in [-0.3, -0.25) is 9.69 Å². The number of carbonyl (C=O) groups is 2. The van der Waals surface area contributed by atoms with E-state index in [1.54, 1.807) is 6.26 Å². The van der Waals surface area contributed by atoms with Gasteiger partial charge in [0.25, 0.3) is 0 Å². The van der Waals surface area contributed by atoms with Crippen molar-refractivity contribution in [2.24, 2.45) is 0 Å². The van der Waals surface area contributed by atoms with Gasteiger partial charge in [-0.15, -0.1) is 11.3 Å². The quantitative estimate of drug-likeness (QED) is 0.153. The average molecular weight is 704 g/mol. The molecule has 4 heterocycles. The number of aliphatic carboxylic acids is 1. The molecule has 2 N–H and O–H groups in total. The van der Waals surface area contributed by atoms with Crippen LogP contribution in [0.5, 0.6) is 11.6 Å². The van der Waals surface area contributed by atoms with Gasteiger partial charge in [-0.1, -0.05) is 41.9 Å². The average Bonchev–Trinajstić information content (AvgIpc) is 3.76. The first-order chi connectivity index (χ1) is 23.7. The molecule has 13 heteroatoms. The van der Waals surface area contributed by atoms with Crippen LogP contribution in [-0.4, -0.2) is 89.2 Å². The first-order valence-corrected chi connectivity index (χ1v) is 17.2. The van der Waals surface area contributed by atoms with Crippen molar-refractivity contribution in [3.63, 3.8) is 0 Å². The summed E-state index contributed by atoms with van der Waals surface area (Å²) in [7, 11) is 2.13. The summed E-state index contributed by atoms with van der Waals surface area (Å²) in [6, 6.07) is 14.8. The number of piperazine rings is 1. The number of ether oxygens (including phenoxy) is 2. The number of nitrogens with zero attached hydrogens (tertiary/aromatic N) is 4. The van der Waals surface area contributed by atoms with Crippen LogP contribution in [-0.2, 0) is 22.6 Å². The minimum atomic E-state index is -1.28. The number of nitrogens with one attached hydrogen (secondary N) is 1. The number of carbonyl (C=O) groups excluding carboxylic acids is 1. The van der Waals surface area contributed by atoms with E-state index in [1.165, 1.54) is 24.6 Å². The molecule has 3 aromatic heterocycles. The molecule has 0 saturated carbocycles. The SMILES string of the molecule is CC(=O)NCc1ccccc1C[C@@H](Oc1ncnc2sc(-c3ccco3)c(-c3ccc(OCCN4CCN(C)CC4)c(Cl)c3C)c12)C(=O)O. The molecular formula is C36H38ClN5O6S. The zero-order chi connectivity index (χ0) is 34.5. The summed E-state index contributed by atoms with van der Waals surface area (Å²) in [4.78, 5) is 39.3. The second-order valence-corrected chi connectivity index (χ2v) is 13.4. The molecule has 1 atom stereocenters. The lowest BCUT2D eigenvalue weighted by Gasteiger charge is -2.32. The van der Waals surface area contributed by atoms with E-state index in [2.05, 4.69) is 32.1 Å². The summed E-state index contributed by atoms with van der Waals surface area (Å²) in [6.07, 6.45) is 1.73. The van der Waals surface area contributed by atoms with Gasteiger partial charge in [0, 0.05) is 58.2 Å². The Hall–Kier alpha value is -4.49. The predicted molar refractivity (Wildman–Crippen MR) is 189 cm³/mol. The third-order valence-corrected chi connectivity index (χ3v) is 10.2. The van der Waals surface area contributed by atoms with Crippen molar-refractivity contribution in [2.75, 3.05) is 46.4 Å². The van der Waals surface area contributed by atoms with E-state index in [0.717, 1.165) is 65.4 Å². The van der Waals surface area contributed by atoms with E-state index in [1.807, 2.05) is 55.5 Å². The lowest BCUT2D eigenvalue weighted by molar-refractivity contribution is -0.145. The van der Waals surface area contributed by atoms with Gasteiger partial charge < -0.3 is 29.2 Å². The maximum absolute atomic E-state index is 12.6. The monoisotopic (exact) mass is 703 g/mol. The number of thiophene rings is 1. The molecule has 256 valence electrons. The van der Waals surface area contributed by atoms with Gasteiger partial charge in [-0.25, -0.2) is 14.8 Å². The van der Waals surface area contributed by atoms with E-state index in [4.69, 9.17) is 25.5 Å². The number of halogens is 1. The van der Waals surface area contributed by atoms with Gasteiger partial charge in [0.05, 0.1) is 21.5 Å². The number of fused-ring (bicyclic) bond motifs is 1. The lowest BCUT2D eigenvalue weighted by atomic mass is 9.97. The van der Waals surface area contributed by atoms with Crippen molar-refractivity contribution in [2.45, 2.75) is 32.9 Å². The maximum atomic E-state index is 12.6. The second kappa shape index (κ2) is 15.4. The van der Waals surface area contributed by atoms with Crippen LogP contribution in [0.2, 0.25) is 5.02 Å². The number of aromatic nitrogens is 2. The van der Waals surface area contributed by atoms with Crippen molar-refractivity contribution in [1.29, 1.82) is 0 Å². The van der Waals surface area contributed by atoms with Gasteiger partial charge in [0.2, 0.25) is 17.9 Å². The summed E-state index contributed by atoms with van der Waals surface area (Å²) in [6.45, 7) is 9.04. The largest absolute Gasteiger partial charge is 0.491 e. The van der Waals surface area contributed by atoms with Crippen molar-refractivity contribution in [1.82, 2.24) is 25.1 Å². The molecule has 49 heavy (non-hydrogen) atoms. The van der Waals surface area contributed by atoms with E-state index in [-0.39, 0.29) is 24.8 Å². The Morgan fingerprint density at radius 2 is 1.86 bits per heavy atom. The lowest BCUT2D eigenvalue weighted by Crippen LogP contribution is -2.45. The molecule has 6 rings (SSSR count). The first kappa shape index (κ1) is 34.4. The van der Waals surface area contributed by atoms with E-state index >= 15 is 0 Å². The zero-order valence-corrected chi connectivity index (χ0v) is 29.1. The van der Waals surface area contributed by atoms with Crippen LogP contribution in [0.3, 0.4) is 0 Å². The molecular weight excluding hydrogens is 666 g/mol. The molecule has 1 aliphatic heterocycles. The highest BCUT2D eigenvalue weighted by Gasteiger charge is 2.28. The standard InChI is InChI=1S/C36H38ClN5O6S/c1-22-26(10-11-27(32(22)37)47-18-16-42-14-12-41(3)13-15-42)30-31-34(39-21-40-35(31)49-33(30)28-9-6-17-46-28)48-29(36(44)45)19-24-7-4-5-8-25(24)20-38-23(2)43/h4-11,17,21,29H,12-16,18-20H2,1-3H3,(H,38,43)(H,44,45)/t29-/m1/s1. The molecule has 1 fully saturated rings. The summed E-state index contributed by atoms with van der Waals surface area (Å²) >= 11 is 8.36. The molecule has 1 amide bonds. The minimum absolute atomic E-state index is 0.0477. The van der Waals surface area contributed by atoms with Crippen LogP contribution in [0.15, 0.2) is 65.5 Å². The summed E-state index contributed by atoms with van der Waals surface area (Å²) in [5.74, 6) is 0.00819. The topological polar surface area (TPSA) is 130 Å².